The number of ether oxygens (including phenoxy) is 1. The number of hydrogen-bond acceptors (Lipinski definition) is 5. The van der Waals surface area contributed by atoms with E-state index in [9.17, 15) is 9.59 Å². The van der Waals surface area contributed by atoms with Crippen molar-refractivity contribution in [3.05, 3.63) is 30.3 Å². The van der Waals surface area contributed by atoms with Gasteiger partial charge in [0, 0.05) is 5.69 Å². The Morgan fingerprint density at radius 3 is 2.38 bits per heavy atom. The standard InChI is InChI=1S/C14H20N2O5/c1-14(9-17,10-18)12(19)21-8-7-15-13(20)16-11-5-3-2-4-6-11/h2-6,17-18H,7-10H2,1H3,(H2,15,16,20). The summed E-state index contributed by atoms with van der Waals surface area (Å²) in [5.74, 6) is -0.710. The molecule has 116 valence electrons. The van der Waals surface area contributed by atoms with E-state index in [0.717, 1.165) is 0 Å². The molecular formula is C14H20N2O5. The second kappa shape index (κ2) is 8.23. The summed E-state index contributed by atoms with van der Waals surface area (Å²) in [7, 11) is 0. The molecule has 0 aliphatic heterocycles. The summed E-state index contributed by atoms with van der Waals surface area (Å²) in [6.07, 6.45) is 0. The van der Waals surface area contributed by atoms with E-state index in [4.69, 9.17) is 14.9 Å². The molecule has 0 aliphatic carbocycles. The number of aliphatic hydroxyl groups is 2. The van der Waals surface area contributed by atoms with E-state index >= 15 is 0 Å². The van der Waals surface area contributed by atoms with Crippen LogP contribution < -0.4 is 10.6 Å². The van der Waals surface area contributed by atoms with Crippen LogP contribution in [0.1, 0.15) is 6.92 Å². The number of anilines is 1. The van der Waals surface area contributed by atoms with Gasteiger partial charge in [-0.15, -0.1) is 0 Å². The monoisotopic (exact) mass is 296 g/mol. The molecule has 0 saturated carbocycles. The van der Waals surface area contributed by atoms with Gasteiger partial charge >= 0.3 is 12.0 Å². The first-order valence-corrected chi connectivity index (χ1v) is 6.50. The van der Waals surface area contributed by atoms with Gasteiger partial charge in [-0.3, -0.25) is 4.79 Å². The molecule has 2 amide bonds. The molecule has 0 fully saturated rings. The van der Waals surface area contributed by atoms with Gasteiger partial charge in [0.05, 0.1) is 19.8 Å². The Labute approximate surface area is 122 Å². The van der Waals surface area contributed by atoms with Gasteiger partial charge in [0.15, 0.2) is 0 Å². The van der Waals surface area contributed by atoms with Crippen LogP contribution in [-0.2, 0) is 9.53 Å². The molecule has 0 atom stereocenters. The highest BCUT2D eigenvalue weighted by Gasteiger charge is 2.33. The second-order valence-corrected chi connectivity index (χ2v) is 4.76. The third-order valence-electron chi connectivity index (χ3n) is 2.84. The molecule has 0 heterocycles. The molecule has 4 N–H and O–H groups in total. The van der Waals surface area contributed by atoms with Gasteiger partial charge in [-0.2, -0.15) is 0 Å². The fourth-order valence-corrected chi connectivity index (χ4v) is 1.36. The van der Waals surface area contributed by atoms with Crippen molar-refractivity contribution in [1.82, 2.24) is 5.32 Å². The molecule has 0 aromatic heterocycles. The topological polar surface area (TPSA) is 108 Å². The lowest BCUT2D eigenvalue weighted by Gasteiger charge is -2.22. The van der Waals surface area contributed by atoms with Crippen LogP contribution in [0.3, 0.4) is 0 Å². The molecule has 0 radical (unpaired) electrons. The Kier molecular flexibility index (Phi) is 6.64. The van der Waals surface area contributed by atoms with Gasteiger partial charge in [0.1, 0.15) is 12.0 Å². The summed E-state index contributed by atoms with van der Waals surface area (Å²) < 4.78 is 4.89. The Morgan fingerprint density at radius 2 is 1.81 bits per heavy atom. The smallest absolute Gasteiger partial charge is 0.319 e. The van der Waals surface area contributed by atoms with Crippen LogP contribution in [0.2, 0.25) is 0 Å². The Balaban J connectivity index is 2.25. The molecular weight excluding hydrogens is 276 g/mol. The number of benzene rings is 1. The van der Waals surface area contributed by atoms with Crippen LogP contribution in [-0.4, -0.2) is 48.6 Å². The van der Waals surface area contributed by atoms with Gasteiger partial charge in [-0.25, -0.2) is 4.79 Å². The normalized spacial score (nSPS) is 10.8. The first kappa shape index (κ1) is 16.9. The molecule has 7 nitrogen and oxygen atoms in total. The van der Waals surface area contributed by atoms with Crippen molar-refractivity contribution >= 4 is 17.7 Å². The highest BCUT2D eigenvalue weighted by Crippen LogP contribution is 2.16. The molecule has 21 heavy (non-hydrogen) atoms. The maximum absolute atomic E-state index is 11.6. The van der Waals surface area contributed by atoms with Crippen LogP contribution in [0.15, 0.2) is 30.3 Å². The minimum absolute atomic E-state index is 0.0450. The number of aliphatic hydroxyl groups excluding tert-OH is 2. The number of para-hydroxylation sites is 1. The number of nitrogens with one attached hydrogen (secondary N) is 2. The summed E-state index contributed by atoms with van der Waals surface area (Å²) in [4.78, 5) is 23.1. The molecule has 0 unspecified atom stereocenters. The summed E-state index contributed by atoms with van der Waals surface area (Å²) in [5.41, 5.74) is -0.674. The van der Waals surface area contributed by atoms with Crippen LogP contribution >= 0.6 is 0 Å². The van der Waals surface area contributed by atoms with Crippen molar-refractivity contribution in [3.8, 4) is 0 Å². The van der Waals surface area contributed by atoms with Crippen molar-refractivity contribution in [2.75, 3.05) is 31.7 Å². The predicted molar refractivity (Wildman–Crippen MR) is 76.7 cm³/mol. The summed E-state index contributed by atoms with van der Waals surface area (Å²) in [5, 5.41) is 23.2. The molecule has 1 aromatic carbocycles. The van der Waals surface area contributed by atoms with E-state index in [0.29, 0.717) is 5.69 Å². The van der Waals surface area contributed by atoms with Crippen LogP contribution in [0.5, 0.6) is 0 Å². The van der Waals surface area contributed by atoms with Gasteiger partial charge in [0.25, 0.3) is 0 Å². The lowest BCUT2D eigenvalue weighted by Crippen LogP contribution is -2.39. The lowest BCUT2D eigenvalue weighted by atomic mass is 9.93. The Bertz CT molecular complexity index is 460. The first-order chi connectivity index (χ1) is 10.0. The van der Waals surface area contributed by atoms with Crippen LogP contribution in [0, 0.1) is 5.41 Å². The van der Waals surface area contributed by atoms with E-state index in [2.05, 4.69) is 10.6 Å². The van der Waals surface area contributed by atoms with Crippen molar-refractivity contribution in [2.24, 2.45) is 5.41 Å². The molecule has 0 spiro atoms. The molecule has 0 saturated heterocycles. The van der Waals surface area contributed by atoms with Crippen molar-refractivity contribution in [3.63, 3.8) is 0 Å². The lowest BCUT2D eigenvalue weighted by molar-refractivity contribution is -0.159. The number of esters is 1. The number of rotatable bonds is 7. The van der Waals surface area contributed by atoms with Crippen molar-refractivity contribution in [1.29, 1.82) is 0 Å². The van der Waals surface area contributed by atoms with Gasteiger partial charge in [-0.1, -0.05) is 18.2 Å². The van der Waals surface area contributed by atoms with Crippen molar-refractivity contribution in [2.45, 2.75) is 6.92 Å². The van der Waals surface area contributed by atoms with Gasteiger partial charge in [0.2, 0.25) is 0 Å². The fraction of sp³-hybridized carbons (Fsp3) is 0.429. The number of carbonyl (C=O) groups is 2. The molecule has 1 aromatic rings. The Hall–Kier alpha value is -2.12. The highest BCUT2D eigenvalue weighted by molar-refractivity contribution is 5.89. The molecule has 1 rings (SSSR count). The maximum Gasteiger partial charge on any atom is 0.319 e. The van der Waals surface area contributed by atoms with E-state index in [1.54, 1.807) is 24.3 Å². The zero-order valence-corrected chi connectivity index (χ0v) is 11.8. The molecule has 0 aliphatic rings. The predicted octanol–water partition coefficient (Wildman–Crippen LogP) is 0.342. The van der Waals surface area contributed by atoms with E-state index in [1.165, 1.54) is 6.92 Å². The quantitative estimate of drug-likeness (QED) is 0.429. The maximum atomic E-state index is 11.6. The summed E-state index contributed by atoms with van der Waals surface area (Å²) in [6.45, 7) is 0.452. The molecule has 0 bridgehead atoms. The van der Waals surface area contributed by atoms with Crippen LogP contribution in [0.25, 0.3) is 0 Å². The van der Waals surface area contributed by atoms with Gasteiger partial charge in [-0.05, 0) is 19.1 Å². The average Bonchev–Trinajstić information content (AvgIpc) is 2.51. The zero-order chi connectivity index (χ0) is 15.7. The fourth-order valence-electron chi connectivity index (χ4n) is 1.36. The van der Waals surface area contributed by atoms with Gasteiger partial charge < -0.3 is 25.6 Å². The summed E-state index contributed by atoms with van der Waals surface area (Å²) >= 11 is 0. The SMILES string of the molecule is CC(CO)(CO)C(=O)OCCNC(=O)Nc1ccccc1. The minimum Gasteiger partial charge on any atom is -0.463 e. The van der Waals surface area contributed by atoms with E-state index in [-0.39, 0.29) is 13.2 Å². The minimum atomic E-state index is -1.33. The number of urea groups is 1. The number of carbonyl (C=O) groups excluding carboxylic acids is 2. The Morgan fingerprint density at radius 1 is 1.19 bits per heavy atom. The second-order valence-electron chi connectivity index (χ2n) is 4.76. The van der Waals surface area contributed by atoms with Crippen molar-refractivity contribution < 1.29 is 24.5 Å². The van der Waals surface area contributed by atoms with E-state index in [1.807, 2.05) is 6.07 Å². The number of hydrogen-bond donors (Lipinski definition) is 4. The zero-order valence-electron chi connectivity index (χ0n) is 11.8. The molecule has 7 heteroatoms. The third kappa shape index (κ3) is 5.41. The average molecular weight is 296 g/mol. The van der Waals surface area contributed by atoms with Crippen LogP contribution in [0.4, 0.5) is 10.5 Å². The van der Waals surface area contributed by atoms with E-state index < -0.39 is 30.6 Å². The summed E-state index contributed by atoms with van der Waals surface area (Å²) in [6, 6.07) is 8.50. The number of amides is 2. The third-order valence-corrected chi connectivity index (χ3v) is 2.84. The first-order valence-electron chi connectivity index (χ1n) is 6.50. The largest absolute Gasteiger partial charge is 0.463 e. The highest BCUT2D eigenvalue weighted by atomic mass is 16.5.